The standard InChI is InChI=1S/C15H11N5/c1-3-12-14-7-11-8-17-18-20(11)15-6-10(2)4-5-13(15)19(14)9-16-12/h1,4-6,8-9H,7H2,2H3. The van der Waals surface area contributed by atoms with E-state index in [-0.39, 0.29) is 0 Å². The molecule has 2 aromatic heterocycles. The molecule has 0 spiro atoms. The van der Waals surface area contributed by atoms with Gasteiger partial charge in [0, 0.05) is 6.42 Å². The zero-order valence-electron chi connectivity index (χ0n) is 10.9. The van der Waals surface area contributed by atoms with E-state index in [1.165, 1.54) is 5.56 Å². The Hall–Kier alpha value is -2.87. The minimum absolute atomic E-state index is 0.667. The van der Waals surface area contributed by atoms with E-state index in [2.05, 4.69) is 46.3 Å². The largest absolute Gasteiger partial charge is 0.299 e. The van der Waals surface area contributed by atoms with Gasteiger partial charge in [-0.1, -0.05) is 11.3 Å². The average molecular weight is 261 g/mol. The van der Waals surface area contributed by atoms with Crippen molar-refractivity contribution < 1.29 is 0 Å². The van der Waals surface area contributed by atoms with Crippen LogP contribution in [-0.4, -0.2) is 24.5 Å². The second kappa shape index (κ2) is 3.81. The van der Waals surface area contributed by atoms with Crippen LogP contribution in [0.3, 0.4) is 0 Å². The molecule has 0 unspecified atom stereocenters. The van der Waals surface area contributed by atoms with Gasteiger partial charge in [-0.2, -0.15) is 0 Å². The van der Waals surface area contributed by atoms with Gasteiger partial charge in [-0.3, -0.25) is 4.57 Å². The minimum atomic E-state index is 0.667. The third-order valence-electron chi connectivity index (χ3n) is 3.59. The normalized spacial score (nSPS) is 12.0. The summed E-state index contributed by atoms with van der Waals surface area (Å²) in [5.74, 6) is 2.65. The van der Waals surface area contributed by atoms with Crippen molar-refractivity contribution in [2.45, 2.75) is 13.3 Å². The van der Waals surface area contributed by atoms with E-state index in [0.717, 1.165) is 22.8 Å². The Kier molecular flexibility index (Phi) is 2.10. The molecule has 5 heteroatoms. The molecule has 0 N–H and O–H groups in total. The molecule has 1 aliphatic heterocycles. The zero-order chi connectivity index (χ0) is 13.7. The first-order valence-electron chi connectivity index (χ1n) is 6.32. The monoisotopic (exact) mass is 261 g/mol. The summed E-state index contributed by atoms with van der Waals surface area (Å²) in [5.41, 5.74) is 5.87. The van der Waals surface area contributed by atoms with Crippen LogP contribution in [0.25, 0.3) is 11.4 Å². The number of hydrogen-bond acceptors (Lipinski definition) is 3. The van der Waals surface area contributed by atoms with E-state index in [4.69, 9.17) is 6.42 Å². The highest BCUT2D eigenvalue weighted by Gasteiger charge is 2.22. The third-order valence-corrected chi connectivity index (χ3v) is 3.59. The summed E-state index contributed by atoms with van der Waals surface area (Å²) in [4.78, 5) is 4.31. The lowest BCUT2D eigenvalue weighted by Gasteiger charge is -2.10. The van der Waals surface area contributed by atoms with Crippen molar-refractivity contribution in [3.05, 3.63) is 53.4 Å². The smallest absolute Gasteiger partial charge is 0.134 e. The first-order chi connectivity index (χ1) is 9.78. The number of nitrogens with zero attached hydrogens (tertiary/aromatic N) is 5. The van der Waals surface area contributed by atoms with Gasteiger partial charge in [0.1, 0.15) is 12.0 Å². The first-order valence-corrected chi connectivity index (χ1v) is 6.32. The van der Waals surface area contributed by atoms with Crippen LogP contribution in [0.2, 0.25) is 0 Å². The van der Waals surface area contributed by atoms with Crippen LogP contribution in [0.1, 0.15) is 22.6 Å². The topological polar surface area (TPSA) is 48.5 Å². The van der Waals surface area contributed by atoms with Crippen molar-refractivity contribution in [1.29, 1.82) is 0 Å². The number of hydrogen-bond donors (Lipinski definition) is 0. The molecule has 0 atom stereocenters. The Morgan fingerprint density at radius 3 is 3.05 bits per heavy atom. The summed E-state index contributed by atoms with van der Waals surface area (Å²) in [6.45, 7) is 2.06. The second-order valence-electron chi connectivity index (χ2n) is 4.86. The summed E-state index contributed by atoms with van der Waals surface area (Å²) in [5, 5.41) is 8.22. The molecule has 1 aliphatic rings. The van der Waals surface area contributed by atoms with Crippen LogP contribution < -0.4 is 0 Å². The lowest BCUT2D eigenvalue weighted by molar-refractivity contribution is 0.777. The van der Waals surface area contributed by atoms with Crippen molar-refractivity contribution in [3.8, 4) is 23.7 Å². The summed E-state index contributed by atoms with van der Waals surface area (Å²) < 4.78 is 3.91. The Morgan fingerprint density at radius 1 is 1.30 bits per heavy atom. The molecule has 4 rings (SSSR count). The van der Waals surface area contributed by atoms with Crippen molar-refractivity contribution in [2.75, 3.05) is 0 Å². The van der Waals surface area contributed by atoms with Crippen LogP contribution in [0.5, 0.6) is 0 Å². The predicted molar refractivity (Wildman–Crippen MR) is 74.0 cm³/mol. The number of benzene rings is 1. The molecule has 0 radical (unpaired) electrons. The van der Waals surface area contributed by atoms with Crippen LogP contribution in [0, 0.1) is 19.3 Å². The molecular weight excluding hydrogens is 250 g/mol. The molecule has 0 fully saturated rings. The fourth-order valence-corrected chi connectivity index (χ4v) is 2.63. The molecule has 0 aliphatic carbocycles. The molecular formula is C15H11N5. The number of rotatable bonds is 0. The van der Waals surface area contributed by atoms with Crippen LogP contribution in [0.15, 0.2) is 30.7 Å². The molecule has 0 bridgehead atoms. The van der Waals surface area contributed by atoms with E-state index in [1.807, 2.05) is 9.25 Å². The molecule has 0 saturated carbocycles. The Morgan fingerprint density at radius 2 is 2.20 bits per heavy atom. The van der Waals surface area contributed by atoms with Gasteiger partial charge in [0.25, 0.3) is 0 Å². The third kappa shape index (κ3) is 1.36. The minimum Gasteiger partial charge on any atom is -0.299 e. The number of fused-ring (bicyclic) bond motifs is 5. The summed E-state index contributed by atoms with van der Waals surface area (Å²) in [6, 6.07) is 6.23. The Labute approximate surface area is 115 Å². The van der Waals surface area contributed by atoms with Gasteiger partial charge in [0.15, 0.2) is 0 Å². The maximum atomic E-state index is 5.54. The zero-order valence-corrected chi connectivity index (χ0v) is 10.9. The molecule has 3 aromatic rings. The summed E-state index contributed by atoms with van der Waals surface area (Å²) in [6.07, 6.45) is 9.76. The average Bonchev–Trinajstić information content (AvgIpc) is 3.04. The molecule has 96 valence electrons. The molecule has 3 heterocycles. The highest BCUT2D eigenvalue weighted by molar-refractivity contribution is 5.57. The van der Waals surface area contributed by atoms with E-state index < -0.39 is 0 Å². The molecule has 0 saturated heterocycles. The number of aryl methyl sites for hydroxylation is 1. The van der Waals surface area contributed by atoms with Crippen molar-refractivity contribution in [3.63, 3.8) is 0 Å². The summed E-state index contributed by atoms with van der Waals surface area (Å²) in [7, 11) is 0. The predicted octanol–water partition coefficient (Wildman–Crippen LogP) is 1.65. The summed E-state index contributed by atoms with van der Waals surface area (Å²) >= 11 is 0. The lowest BCUT2D eigenvalue weighted by Crippen LogP contribution is -2.03. The Bertz CT molecular complexity index is 863. The van der Waals surface area contributed by atoms with Gasteiger partial charge in [-0.25, -0.2) is 9.67 Å². The van der Waals surface area contributed by atoms with Gasteiger partial charge < -0.3 is 0 Å². The maximum Gasteiger partial charge on any atom is 0.134 e. The molecule has 0 amide bonds. The highest BCUT2D eigenvalue weighted by Crippen LogP contribution is 2.28. The van der Waals surface area contributed by atoms with Crippen molar-refractivity contribution in [1.82, 2.24) is 24.5 Å². The number of aromatic nitrogens is 5. The molecule has 20 heavy (non-hydrogen) atoms. The quantitative estimate of drug-likeness (QED) is 0.452. The molecule has 1 aromatic carbocycles. The fraction of sp³-hybridized carbons (Fsp3) is 0.133. The second-order valence-corrected chi connectivity index (χ2v) is 4.86. The van der Waals surface area contributed by atoms with Gasteiger partial charge in [-0.15, -0.1) is 11.5 Å². The van der Waals surface area contributed by atoms with E-state index >= 15 is 0 Å². The van der Waals surface area contributed by atoms with Crippen LogP contribution in [0.4, 0.5) is 0 Å². The van der Waals surface area contributed by atoms with Gasteiger partial charge >= 0.3 is 0 Å². The van der Waals surface area contributed by atoms with E-state index in [9.17, 15) is 0 Å². The van der Waals surface area contributed by atoms with Gasteiger partial charge in [0.2, 0.25) is 0 Å². The van der Waals surface area contributed by atoms with E-state index in [0.29, 0.717) is 12.1 Å². The van der Waals surface area contributed by atoms with Gasteiger partial charge in [-0.05, 0) is 30.5 Å². The first kappa shape index (κ1) is 11.0. The maximum absolute atomic E-state index is 5.54. The number of imidazole rings is 1. The van der Waals surface area contributed by atoms with Crippen molar-refractivity contribution >= 4 is 0 Å². The van der Waals surface area contributed by atoms with Crippen molar-refractivity contribution in [2.24, 2.45) is 0 Å². The van der Waals surface area contributed by atoms with Crippen LogP contribution in [-0.2, 0) is 6.42 Å². The van der Waals surface area contributed by atoms with Gasteiger partial charge in [0.05, 0.1) is 29.0 Å². The Balaban J connectivity index is 2.12. The SMILES string of the molecule is C#Cc1ncn2c1Cc1cnnn1-c1cc(C)ccc1-2. The van der Waals surface area contributed by atoms with E-state index in [1.54, 1.807) is 12.5 Å². The molecule has 5 nitrogen and oxygen atoms in total. The number of terminal acetylenes is 1. The fourth-order valence-electron chi connectivity index (χ4n) is 2.63. The van der Waals surface area contributed by atoms with Crippen LogP contribution >= 0.6 is 0 Å². The highest BCUT2D eigenvalue weighted by atomic mass is 15.4. The lowest BCUT2D eigenvalue weighted by atomic mass is 10.2.